The van der Waals surface area contributed by atoms with E-state index in [0.717, 1.165) is 21.2 Å². The number of carbonyl (C=O) groups excluding carboxylic acids is 3. The van der Waals surface area contributed by atoms with E-state index in [1.54, 1.807) is 21.0 Å². The number of amides is 4. The first kappa shape index (κ1) is 16.0. The Morgan fingerprint density at radius 1 is 1.12 bits per heavy atom. The molecule has 1 aliphatic heterocycles. The molecule has 1 aliphatic rings. The number of nitrogens with one attached hydrogen (secondary N) is 1. The second-order valence-corrected chi connectivity index (χ2v) is 6.26. The van der Waals surface area contributed by atoms with Crippen molar-refractivity contribution in [1.29, 1.82) is 0 Å². The summed E-state index contributed by atoms with van der Waals surface area (Å²) in [6, 6.07) is 12.8. The summed E-state index contributed by atoms with van der Waals surface area (Å²) in [5.41, 5.74) is -0.469. The molecule has 1 heterocycles. The molecular formula is C18H19N3O3. The van der Waals surface area contributed by atoms with E-state index in [-0.39, 0.29) is 12.5 Å². The summed E-state index contributed by atoms with van der Waals surface area (Å²) in [7, 11) is 3.18. The van der Waals surface area contributed by atoms with Crippen LogP contribution in [0.2, 0.25) is 0 Å². The molecule has 24 heavy (non-hydrogen) atoms. The number of benzene rings is 2. The van der Waals surface area contributed by atoms with Crippen molar-refractivity contribution in [2.24, 2.45) is 0 Å². The zero-order chi connectivity index (χ0) is 17.5. The average molecular weight is 325 g/mol. The van der Waals surface area contributed by atoms with Crippen LogP contribution in [0.4, 0.5) is 4.79 Å². The van der Waals surface area contributed by atoms with E-state index >= 15 is 0 Å². The molecule has 1 atom stereocenters. The monoisotopic (exact) mass is 325 g/mol. The van der Waals surface area contributed by atoms with Crippen LogP contribution in [-0.2, 0) is 15.1 Å². The summed E-state index contributed by atoms with van der Waals surface area (Å²) < 4.78 is 0. The number of hydrogen-bond acceptors (Lipinski definition) is 3. The lowest BCUT2D eigenvalue weighted by Crippen LogP contribution is -2.43. The van der Waals surface area contributed by atoms with Gasteiger partial charge in [0.05, 0.1) is 0 Å². The number of fused-ring (bicyclic) bond motifs is 1. The third kappa shape index (κ3) is 2.40. The van der Waals surface area contributed by atoms with Gasteiger partial charge in [-0.3, -0.25) is 14.5 Å². The number of carbonyl (C=O) groups is 3. The number of hydrogen-bond donors (Lipinski definition) is 1. The summed E-state index contributed by atoms with van der Waals surface area (Å²) in [5.74, 6) is -0.722. The quantitative estimate of drug-likeness (QED) is 0.873. The van der Waals surface area contributed by atoms with E-state index in [9.17, 15) is 14.4 Å². The van der Waals surface area contributed by atoms with E-state index in [1.807, 2.05) is 42.5 Å². The summed E-state index contributed by atoms with van der Waals surface area (Å²) in [6.07, 6.45) is 0. The molecular weight excluding hydrogens is 306 g/mol. The number of rotatable bonds is 3. The fourth-order valence-electron chi connectivity index (χ4n) is 2.96. The van der Waals surface area contributed by atoms with Crippen molar-refractivity contribution in [3.05, 3.63) is 48.0 Å². The molecule has 1 fully saturated rings. The Morgan fingerprint density at radius 2 is 1.79 bits per heavy atom. The lowest BCUT2D eigenvalue weighted by Gasteiger charge is -2.24. The van der Waals surface area contributed by atoms with Crippen LogP contribution in [0.15, 0.2) is 42.5 Å². The minimum Gasteiger partial charge on any atom is -0.347 e. The van der Waals surface area contributed by atoms with Crippen molar-refractivity contribution in [3.63, 3.8) is 0 Å². The molecule has 6 heteroatoms. The number of nitrogens with zero attached hydrogens (tertiary/aromatic N) is 2. The van der Waals surface area contributed by atoms with E-state index < -0.39 is 17.5 Å². The molecule has 124 valence electrons. The molecule has 0 saturated carbocycles. The molecule has 2 aromatic carbocycles. The van der Waals surface area contributed by atoms with Crippen molar-refractivity contribution in [2.75, 3.05) is 20.6 Å². The smallest absolute Gasteiger partial charge is 0.325 e. The van der Waals surface area contributed by atoms with Crippen LogP contribution in [0.1, 0.15) is 12.5 Å². The van der Waals surface area contributed by atoms with Gasteiger partial charge in [-0.25, -0.2) is 4.79 Å². The van der Waals surface area contributed by atoms with Gasteiger partial charge in [-0.1, -0.05) is 42.5 Å². The molecule has 6 nitrogen and oxygen atoms in total. The van der Waals surface area contributed by atoms with Gasteiger partial charge < -0.3 is 10.2 Å². The predicted molar refractivity (Wildman–Crippen MR) is 90.2 cm³/mol. The third-order valence-corrected chi connectivity index (χ3v) is 4.40. The van der Waals surface area contributed by atoms with Crippen molar-refractivity contribution >= 4 is 28.6 Å². The molecule has 4 amide bonds. The van der Waals surface area contributed by atoms with Crippen molar-refractivity contribution in [1.82, 2.24) is 15.1 Å². The van der Waals surface area contributed by atoms with E-state index in [1.165, 1.54) is 4.90 Å². The van der Waals surface area contributed by atoms with Gasteiger partial charge in [-0.15, -0.1) is 0 Å². The Balaban J connectivity index is 2.03. The lowest BCUT2D eigenvalue weighted by atomic mass is 9.88. The fraction of sp³-hybridized carbons (Fsp3) is 0.278. The number of likely N-dealkylation sites (N-methyl/N-ethyl adjacent to an activating group) is 1. The van der Waals surface area contributed by atoms with E-state index in [4.69, 9.17) is 0 Å². The van der Waals surface area contributed by atoms with Crippen LogP contribution in [0.3, 0.4) is 0 Å². The third-order valence-electron chi connectivity index (χ3n) is 4.40. The number of imide groups is 1. The van der Waals surface area contributed by atoms with Gasteiger partial charge in [0.1, 0.15) is 12.1 Å². The highest BCUT2D eigenvalue weighted by molar-refractivity contribution is 6.10. The van der Waals surface area contributed by atoms with Gasteiger partial charge >= 0.3 is 6.03 Å². The van der Waals surface area contributed by atoms with Crippen LogP contribution < -0.4 is 5.32 Å². The normalized spacial score (nSPS) is 20.4. The van der Waals surface area contributed by atoms with Crippen LogP contribution in [0, 0.1) is 0 Å². The maximum atomic E-state index is 12.9. The molecule has 0 unspecified atom stereocenters. The Hall–Kier alpha value is -2.89. The summed E-state index contributed by atoms with van der Waals surface area (Å²) in [5, 5.41) is 4.64. The van der Waals surface area contributed by atoms with Crippen LogP contribution in [0.5, 0.6) is 0 Å². The maximum absolute atomic E-state index is 12.9. The lowest BCUT2D eigenvalue weighted by molar-refractivity contribution is -0.137. The maximum Gasteiger partial charge on any atom is 0.325 e. The summed E-state index contributed by atoms with van der Waals surface area (Å²) >= 11 is 0. The molecule has 0 aromatic heterocycles. The van der Waals surface area contributed by atoms with Crippen molar-refractivity contribution in [3.8, 4) is 0 Å². The topological polar surface area (TPSA) is 69.7 Å². The highest BCUT2D eigenvalue weighted by Crippen LogP contribution is 2.33. The van der Waals surface area contributed by atoms with Gasteiger partial charge in [0.25, 0.3) is 5.91 Å². The molecule has 1 N–H and O–H groups in total. The first-order valence-corrected chi connectivity index (χ1v) is 7.67. The molecule has 0 spiro atoms. The second kappa shape index (κ2) is 5.63. The molecule has 0 bridgehead atoms. The van der Waals surface area contributed by atoms with Crippen LogP contribution in [0.25, 0.3) is 10.8 Å². The van der Waals surface area contributed by atoms with E-state index in [2.05, 4.69) is 5.32 Å². The largest absolute Gasteiger partial charge is 0.347 e. The van der Waals surface area contributed by atoms with Crippen molar-refractivity contribution < 1.29 is 14.4 Å². The minimum absolute atomic E-state index is 0.266. The highest BCUT2D eigenvalue weighted by atomic mass is 16.2. The zero-order valence-electron chi connectivity index (χ0n) is 13.9. The van der Waals surface area contributed by atoms with Gasteiger partial charge in [-0.05, 0) is 23.3 Å². The minimum atomic E-state index is -1.19. The first-order chi connectivity index (χ1) is 11.3. The van der Waals surface area contributed by atoms with E-state index in [0.29, 0.717) is 0 Å². The average Bonchev–Trinajstić information content (AvgIpc) is 2.78. The Morgan fingerprint density at radius 3 is 2.50 bits per heavy atom. The summed E-state index contributed by atoms with van der Waals surface area (Å²) in [6.45, 7) is 1.41. The molecule has 0 aliphatic carbocycles. The summed E-state index contributed by atoms with van der Waals surface area (Å²) in [4.78, 5) is 39.4. The van der Waals surface area contributed by atoms with Gasteiger partial charge in [0.2, 0.25) is 5.91 Å². The highest BCUT2D eigenvalue weighted by Gasteiger charge is 2.50. The molecule has 0 radical (unpaired) electrons. The Labute approximate surface area is 140 Å². The first-order valence-electron chi connectivity index (χ1n) is 7.67. The van der Waals surface area contributed by atoms with Crippen molar-refractivity contribution in [2.45, 2.75) is 12.5 Å². The van der Waals surface area contributed by atoms with Crippen LogP contribution in [-0.4, -0.2) is 48.3 Å². The Bertz CT molecular complexity index is 841. The molecule has 1 saturated heterocycles. The predicted octanol–water partition coefficient (Wildman–Crippen LogP) is 1.69. The zero-order valence-corrected chi connectivity index (χ0v) is 13.9. The van der Waals surface area contributed by atoms with Gasteiger partial charge in [0.15, 0.2) is 0 Å². The Kier molecular flexibility index (Phi) is 3.75. The SMILES string of the molecule is CN(C)C(=O)CN1C(=O)N[C@](C)(c2cccc3ccccc23)C1=O. The molecule has 3 rings (SSSR count). The number of urea groups is 1. The molecule has 2 aromatic rings. The fourth-order valence-corrected chi connectivity index (χ4v) is 2.96. The van der Waals surface area contributed by atoms with Gasteiger partial charge in [-0.2, -0.15) is 0 Å². The van der Waals surface area contributed by atoms with Gasteiger partial charge in [0, 0.05) is 14.1 Å². The van der Waals surface area contributed by atoms with Crippen LogP contribution >= 0.6 is 0 Å². The standard InChI is InChI=1S/C18H19N3O3/c1-18(14-10-6-8-12-7-4-5-9-13(12)14)16(23)21(17(24)19-18)11-15(22)20(2)3/h4-10H,11H2,1-3H3,(H,19,24)/t18-/m1/s1. The second-order valence-electron chi connectivity index (χ2n) is 6.26.